The van der Waals surface area contributed by atoms with Gasteiger partial charge >= 0.3 is 0 Å². The second kappa shape index (κ2) is 3.77. The summed E-state index contributed by atoms with van der Waals surface area (Å²) in [5.41, 5.74) is 0. The van der Waals surface area contributed by atoms with Crippen LogP contribution in [0.4, 0.5) is 0 Å². The zero-order valence-electron chi connectivity index (χ0n) is 8.05. The average Bonchev–Trinajstić information content (AvgIpc) is 2.44. The molecule has 2 heterocycles. The van der Waals surface area contributed by atoms with Gasteiger partial charge in [-0.2, -0.15) is 0 Å². The van der Waals surface area contributed by atoms with Crippen LogP contribution in [-0.4, -0.2) is 50.9 Å². The number of rotatable bonds is 3. The van der Waals surface area contributed by atoms with Crippen molar-refractivity contribution in [1.29, 1.82) is 0 Å². The van der Waals surface area contributed by atoms with Crippen LogP contribution in [-0.2, 0) is 14.8 Å². The first-order chi connectivity index (χ1) is 6.55. The molecule has 2 N–H and O–H groups in total. The molecule has 14 heavy (non-hydrogen) atoms. The SMILES string of the molecule is NS(=O)(=O)C1CN(CC2CCCO2)C1. The van der Waals surface area contributed by atoms with E-state index in [0.29, 0.717) is 19.2 Å². The predicted molar refractivity (Wildman–Crippen MR) is 52.3 cm³/mol. The second-order valence-electron chi connectivity index (χ2n) is 4.06. The fraction of sp³-hybridized carbons (Fsp3) is 1.00. The fourth-order valence-corrected chi connectivity index (χ4v) is 2.79. The van der Waals surface area contributed by atoms with Crippen molar-refractivity contribution in [3.63, 3.8) is 0 Å². The first kappa shape index (κ1) is 10.4. The van der Waals surface area contributed by atoms with Crippen LogP contribution in [0.15, 0.2) is 0 Å². The number of nitrogens with two attached hydrogens (primary N) is 1. The van der Waals surface area contributed by atoms with Crippen molar-refractivity contribution in [1.82, 2.24) is 4.90 Å². The Morgan fingerprint density at radius 3 is 2.64 bits per heavy atom. The summed E-state index contributed by atoms with van der Waals surface area (Å²) in [7, 11) is -3.32. The predicted octanol–water partition coefficient (Wildman–Crippen LogP) is -0.862. The van der Waals surface area contributed by atoms with E-state index in [9.17, 15) is 8.42 Å². The van der Waals surface area contributed by atoms with Crippen LogP contribution in [0.1, 0.15) is 12.8 Å². The van der Waals surface area contributed by atoms with Crippen molar-refractivity contribution < 1.29 is 13.2 Å². The maximum atomic E-state index is 10.9. The standard InChI is InChI=1S/C8H16N2O3S/c9-14(11,12)8-5-10(6-8)4-7-2-1-3-13-7/h7-8H,1-6H2,(H2,9,11,12). The van der Waals surface area contributed by atoms with Crippen molar-refractivity contribution in [2.75, 3.05) is 26.2 Å². The second-order valence-corrected chi connectivity index (χ2v) is 5.91. The summed E-state index contributed by atoms with van der Waals surface area (Å²) in [6, 6.07) is 0. The first-order valence-electron chi connectivity index (χ1n) is 4.91. The summed E-state index contributed by atoms with van der Waals surface area (Å²) in [6.45, 7) is 2.83. The smallest absolute Gasteiger partial charge is 0.214 e. The normalized spacial score (nSPS) is 30.5. The van der Waals surface area contributed by atoms with E-state index < -0.39 is 10.0 Å². The largest absolute Gasteiger partial charge is 0.377 e. The highest BCUT2D eigenvalue weighted by Gasteiger charge is 2.36. The summed E-state index contributed by atoms with van der Waals surface area (Å²) >= 11 is 0. The number of nitrogens with zero attached hydrogens (tertiary/aromatic N) is 1. The Bertz CT molecular complexity index is 292. The molecule has 0 aliphatic carbocycles. The van der Waals surface area contributed by atoms with E-state index in [1.165, 1.54) is 0 Å². The number of hydrogen-bond acceptors (Lipinski definition) is 4. The Hall–Kier alpha value is -0.170. The first-order valence-corrected chi connectivity index (χ1v) is 6.52. The minimum atomic E-state index is -3.32. The monoisotopic (exact) mass is 220 g/mol. The van der Waals surface area contributed by atoms with E-state index >= 15 is 0 Å². The molecule has 2 rings (SSSR count). The van der Waals surface area contributed by atoms with Crippen molar-refractivity contribution in [3.05, 3.63) is 0 Å². The summed E-state index contributed by atoms with van der Waals surface area (Å²) in [5.74, 6) is 0. The van der Waals surface area contributed by atoms with Crippen LogP contribution in [0.25, 0.3) is 0 Å². The minimum Gasteiger partial charge on any atom is -0.377 e. The van der Waals surface area contributed by atoms with Gasteiger partial charge in [0.2, 0.25) is 10.0 Å². The van der Waals surface area contributed by atoms with Gasteiger partial charge in [0.15, 0.2) is 0 Å². The molecule has 6 heteroatoms. The van der Waals surface area contributed by atoms with Crippen molar-refractivity contribution in [2.45, 2.75) is 24.2 Å². The van der Waals surface area contributed by atoms with Crippen molar-refractivity contribution >= 4 is 10.0 Å². The maximum absolute atomic E-state index is 10.9. The van der Waals surface area contributed by atoms with Gasteiger partial charge in [-0.05, 0) is 12.8 Å². The Balaban J connectivity index is 1.72. The topological polar surface area (TPSA) is 72.6 Å². The highest BCUT2D eigenvalue weighted by atomic mass is 32.2. The number of primary sulfonamides is 1. The van der Waals surface area contributed by atoms with Gasteiger partial charge in [-0.25, -0.2) is 13.6 Å². The molecule has 0 bridgehead atoms. The van der Waals surface area contributed by atoms with Crippen LogP contribution in [0.2, 0.25) is 0 Å². The third kappa shape index (κ3) is 2.25. The molecule has 0 aromatic heterocycles. The van der Waals surface area contributed by atoms with Gasteiger partial charge in [-0.3, -0.25) is 4.90 Å². The lowest BCUT2D eigenvalue weighted by molar-refractivity contribution is 0.0530. The van der Waals surface area contributed by atoms with E-state index in [4.69, 9.17) is 9.88 Å². The third-order valence-corrected chi connectivity index (χ3v) is 4.10. The van der Waals surface area contributed by atoms with E-state index in [0.717, 1.165) is 26.0 Å². The molecule has 2 saturated heterocycles. The Morgan fingerprint density at radius 2 is 2.14 bits per heavy atom. The van der Waals surface area contributed by atoms with Crippen LogP contribution in [0, 0.1) is 0 Å². The molecule has 0 aromatic rings. The van der Waals surface area contributed by atoms with Crippen molar-refractivity contribution in [2.24, 2.45) is 5.14 Å². The molecule has 82 valence electrons. The minimum absolute atomic E-state index is 0.302. The van der Waals surface area contributed by atoms with Crippen LogP contribution < -0.4 is 5.14 Å². The molecular weight excluding hydrogens is 204 g/mol. The third-order valence-electron chi connectivity index (χ3n) is 2.87. The number of ether oxygens (including phenoxy) is 1. The molecule has 2 aliphatic rings. The van der Waals surface area contributed by atoms with Gasteiger partial charge in [0.05, 0.1) is 6.10 Å². The van der Waals surface area contributed by atoms with Gasteiger partial charge in [-0.1, -0.05) is 0 Å². The zero-order valence-corrected chi connectivity index (χ0v) is 8.87. The molecule has 5 nitrogen and oxygen atoms in total. The van der Waals surface area contributed by atoms with Crippen LogP contribution >= 0.6 is 0 Å². The summed E-state index contributed by atoms with van der Waals surface area (Å²) in [4.78, 5) is 2.09. The van der Waals surface area contributed by atoms with Gasteiger partial charge in [-0.15, -0.1) is 0 Å². The zero-order chi connectivity index (χ0) is 10.2. The highest BCUT2D eigenvalue weighted by Crippen LogP contribution is 2.19. The van der Waals surface area contributed by atoms with E-state index in [1.807, 2.05) is 0 Å². The fourth-order valence-electron chi connectivity index (χ4n) is 1.96. The Morgan fingerprint density at radius 1 is 1.43 bits per heavy atom. The lowest BCUT2D eigenvalue weighted by Gasteiger charge is -2.38. The number of sulfonamides is 1. The number of hydrogen-bond donors (Lipinski definition) is 1. The summed E-state index contributed by atoms with van der Waals surface area (Å²) in [5, 5.41) is 4.67. The lowest BCUT2D eigenvalue weighted by atomic mass is 10.1. The molecule has 0 aromatic carbocycles. The Kier molecular flexibility index (Phi) is 2.79. The van der Waals surface area contributed by atoms with Gasteiger partial charge < -0.3 is 4.74 Å². The Labute approximate surface area is 84.3 Å². The summed E-state index contributed by atoms with van der Waals surface area (Å²) < 4.78 is 27.3. The molecule has 0 radical (unpaired) electrons. The van der Waals surface area contributed by atoms with E-state index in [2.05, 4.69) is 4.90 Å². The van der Waals surface area contributed by atoms with Crippen LogP contribution in [0.3, 0.4) is 0 Å². The molecule has 1 unspecified atom stereocenters. The number of likely N-dealkylation sites (tertiary alicyclic amines) is 1. The summed E-state index contributed by atoms with van der Waals surface area (Å²) in [6.07, 6.45) is 2.52. The van der Waals surface area contributed by atoms with Gasteiger partial charge in [0.25, 0.3) is 0 Å². The van der Waals surface area contributed by atoms with Crippen LogP contribution in [0.5, 0.6) is 0 Å². The van der Waals surface area contributed by atoms with E-state index in [-0.39, 0.29) is 5.25 Å². The molecule has 0 amide bonds. The average molecular weight is 220 g/mol. The quantitative estimate of drug-likeness (QED) is 0.671. The lowest BCUT2D eigenvalue weighted by Crippen LogP contribution is -2.58. The molecule has 1 atom stereocenters. The van der Waals surface area contributed by atoms with Crippen molar-refractivity contribution in [3.8, 4) is 0 Å². The molecule has 0 spiro atoms. The van der Waals surface area contributed by atoms with E-state index in [1.54, 1.807) is 0 Å². The maximum Gasteiger partial charge on any atom is 0.214 e. The molecular formula is C8H16N2O3S. The highest BCUT2D eigenvalue weighted by molar-refractivity contribution is 7.89. The van der Waals surface area contributed by atoms with Gasteiger partial charge in [0.1, 0.15) is 5.25 Å². The molecule has 0 saturated carbocycles. The molecule has 2 aliphatic heterocycles. The molecule has 2 fully saturated rings. The van der Waals surface area contributed by atoms with Gasteiger partial charge in [0, 0.05) is 26.2 Å².